The Hall–Kier alpha value is -3.04. The minimum absolute atomic E-state index is 0.170. The number of fused-ring (bicyclic) bond motifs is 1. The number of piperazine rings is 1. The van der Waals surface area contributed by atoms with Gasteiger partial charge in [-0.1, -0.05) is 18.2 Å². The lowest BCUT2D eigenvalue weighted by molar-refractivity contribution is 0.595. The molecule has 1 aliphatic heterocycles. The maximum absolute atomic E-state index is 12.0. The Morgan fingerprint density at radius 1 is 0.871 bits per heavy atom. The normalized spacial score (nSPS) is 16.4. The molecule has 5 rings (SSSR count). The highest BCUT2D eigenvalue weighted by atomic mass is 32.2. The van der Waals surface area contributed by atoms with Crippen LogP contribution in [-0.2, 0) is 22.9 Å². The predicted octanol–water partition coefficient (Wildman–Crippen LogP) is 2.00. The van der Waals surface area contributed by atoms with Crippen LogP contribution < -0.4 is 14.9 Å². The van der Waals surface area contributed by atoms with Gasteiger partial charge < -0.3 is 9.80 Å². The fourth-order valence-electron chi connectivity index (χ4n) is 4.40. The van der Waals surface area contributed by atoms with Gasteiger partial charge in [-0.15, -0.1) is 0 Å². The minimum atomic E-state index is -3.78. The number of nitrogens with zero attached hydrogens (tertiary/aromatic N) is 5. The first-order chi connectivity index (χ1) is 15.0. The highest BCUT2D eigenvalue weighted by Crippen LogP contribution is 2.32. The van der Waals surface area contributed by atoms with Crippen molar-refractivity contribution in [2.24, 2.45) is 5.14 Å². The third kappa shape index (κ3) is 3.86. The number of hydrogen-bond donors (Lipinski definition) is 1. The molecule has 2 N–H and O–H groups in total. The lowest BCUT2D eigenvalue weighted by atomic mass is 10.2. The molecule has 9 heteroatoms. The molecule has 3 heterocycles. The van der Waals surface area contributed by atoms with Crippen LogP contribution in [0.4, 0.5) is 11.5 Å². The Kier molecular flexibility index (Phi) is 5.07. The summed E-state index contributed by atoms with van der Waals surface area (Å²) < 4.78 is 24.0. The Morgan fingerprint density at radius 3 is 2.35 bits per heavy atom. The first-order valence-electron chi connectivity index (χ1n) is 10.4. The monoisotopic (exact) mass is 436 g/mol. The minimum Gasteiger partial charge on any atom is -0.367 e. The molecule has 0 saturated carbocycles. The molecule has 31 heavy (non-hydrogen) atoms. The molecule has 2 aliphatic rings. The number of benzene rings is 1. The second kappa shape index (κ2) is 7.90. The maximum Gasteiger partial charge on any atom is 0.240 e. The molecule has 0 spiro atoms. The van der Waals surface area contributed by atoms with E-state index in [0.717, 1.165) is 49.6 Å². The zero-order valence-corrected chi connectivity index (χ0v) is 17.9. The molecule has 0 unspecified atom stereocenters. The lowest BCUT2D eigenvalue weighted by Crippen LogP contribution is -2.47. The van der Waals surface area contributed by atoms with Crippen LogP contribution >= 0.6 is 0 Å². The Balaban J connectivity index is 1.43. The van der Waals surface area contributed by atoms with Crippen LogP contribution in [0.3, 0.4) is 0 Å². The number of aryl methyl sites for hydroxylation is 1. The highest BCUT2D eigenvalue weighted by molar-refractivity contribution is 7.89. The number of primary sulfonamides is 1. The van der Waals surface area contributed by atoms with Crippen LogP contribution in [-0.4, -0.2) is 49.5 Å². The number of hydrogen-bond acceptors (Lipinski definition) is 7. The zero-order valence-electron chi connectivity index (χ0n) is 17.1. The van der Waals surface area contributed by atoms with E-state index in [2.05, 4.69) is 14.8 Å². The summed E-state index contributed by atoms with van der Waals surface area (Å²) >= 11 is 0. The van der Waals surface area contributed by atoms with Crippen molar-refractivity contribution in [1.29, 1.82) is 0 Å². The van der Waals surface area contributed by atoms with E-state index in [4.69, 9.17) is 15.1 Å². The summed E-state index contributed by atoms with van der Waals surface area (Å²) in [6.07, 6.45) is 4.80. The fraction of sp³-hybridized carbons (Fsp3) is 0.318. The molecule has 0 amide bonds. The lowest BCUT2D eigenvalue weighted by Gasteiger charge is -2.38. The fourth-order valence-corrected chi connectivity index (χ4v) is 5.16. The summed E-state index contributed by atoms with van der Waals surface area (Å²) in [5, 5.41) is 5.43. The van der Waals surface area contributed by atoms with Crippen molar-refractivity contribution in [1.82, 2.24) is 15.0 Å². The van der Waals surface area contributed by atoms with Gasteiger partial charge in [0.1, 0.15) is 16.4 Å². The molecule has 0 bridgehead atoms. The van der Waals surface area contributed by atoms with E-state index in [0.29, 0.717) is 24.6 Å². The van der Waals surface area contributed by atoms with E-state index in [1.165, 1.54) is 5.56 Å². The molecule has 0 atom stereocenters. The summed E-state index contributed by atoms with van der Waals surface area (Å²) in [6, 6.07) is 12.7. The van der Waals surface area contributed by atoms with E-state index in [1.54, 1.807) is 18.3 Å². The number of nitrogens with two attached hydrogens (primary N) is 1. The largest absolute Gasteiger partial charge is 0.367 e. The van der Waals surface area contributed by atoms with E-state index >= 15 is 0 Å². The molecule has 3 aromatic rings. The third-order valence-corrected chi connectivity index (χ3v) is 6.86. The summed E-state index contributed by atoms with van der Waals surface area (Å²) in [6.45, 7) is 2.85. The van der Waals surface area contributed by atoms with Gasteiger partial charge in [0.15, 0.2) is 5.82 Å². The molecule has 160 valence electrons. The Morgan fingerprint density at radius 2 is 1.61 bits per heavy atom. The summed E-state index contributed by atoms with van der Waals surface area (Å²) in [5.74, 6) is 1.65. The van der Waals surface area contributed by atoms with E-state index in [1.807, 2.05) is 30.3 Å². The van der Waals surface area contributed by atoms with Crippen LogP contribution in [0.2, 0.25) is 0 Å². The topological polar surface area (TPSA) is 105 Å². The van der Waals surface area contributed by atoms with E-state index in [-0.39, 0.29) is 4.90 Å². The Bertz CT molecular complexity index is 1210. The van der Waals surface area contributed by atoms with E-state index in [9.17, 15) is 8.42 Å². The average Bonchev–Trinajstić information content (AvgIpc) is 3.27. The van der Waals surface area contributed by atoms with Gasteiger partial charge in [-0.05, 0) is 43.5 Å². The van der Waals surface area contributed by atoms with Crippen molar-refractivity contribution in [2.75, 3.05) is 36.0 Å². The number of aromatic nitrogens is 3. The third-order valence-electron chi connectivity index (χ3n) is 5.90. The van der Waals surface area contributed by atoms with Crippen molar-refractivity contribution < 1.29 is 8.42 Å². The second-order valence-electron chi connectivity index (χ2n) is 7.85. The molecule has 1 saturated heterocycles. The van der Waals surface area contributed by atoms with Gasteiger partial charge in [0, 0.05) is 43.6 Å². The molecule has 8 nitrogen and oxygen atoms in total. The molecule has 1 aliphatic carbocycles. The molecule has 1 aromatic carbocycles. The first-order valence-corrected chi connectivity index (χ1v) is 12.0. The summed E-state index contributed by atoms with van der Waals surface area (Å²) in [4.78, 5) is 18.7. The van der Waals surface area contributed by atoms with Gasteiger partial charge in [0.25, 0.3) is 0 Å². The van der Waals surface area contributed by atoms with Gasteiger partial charge in [-0.2, -0.15) is 0 Å². The number of sulfonamides is 1. The predicted molar refractivity (Wildman–Crippen MR) is 120 cm³/mol. The van der Waals surface area contributed by atoms with Crippen LogP contribution in [0, 0.1) is 0 Å². The summed E-state index contributed by atoms with van der Waals surface area (Å²) in [5.41, 5.74) is 3.79. The van der Waals surface area contributed by atoms with Crippen molar-refractivity contribution in [3.05, 3.63) is 59.9 Å². The first kappa shape index (κ1) is 19.9. The molecule has 0 radical (unpaired) electrons. The van der Waals surface area contributed by atoms with Gasteiger partial charge in [-0.25, -0.2) is 23.5 Å². The maximum atomic E-state index is 12.0. The SMILES string of the molecule is NS(=O)(=O)c1ccccc1N1CCN(c2nc(-c3ccccn3)nc3c2CCC3)CC1. The van der Waals surface area contributed by atoms with Crippen LogP contribution in [0.5, 0.6) is 0 Å². The van der Waals surface area contributed by atoms with Gasteiger partial charge >= 0.3 is 0 Å². The second-order valence-corrected chi connectivity index (χ2v) is 9.38. The zero-order chi connectivity index (χ0) is 21.4. The smallest absolute Gasteiger partial charge is 0.240 e. The van der Waals surface area contributed by atoms with Crippen molar-refractivity contribution in [3.63, 3.8) is 0 Å². The number of pyridine rings is 1. The van der Waals surface area contributed by atoms with E-state index < -0.39 is 10.0 Å². The van der Waals surface area contributed by atoms with Crippen molar-refractivity contribution in [3.8, 4) is 11.5 Å². The average molecular weight is 437 g/mol. The van der Waals surface area contributed by atoms with Crippen LogP contribution in [0.25, 0.3) is 11.5 Å². The number of anilines is 2. The van der Waals surface area contributed by atoms with Gasteiger partial charge in [0.05, 0.1) is 5.69 Å². The number of rotatable bonds is 4. The van der Waals surface area contributed by atoms with Crippen LogP contribution in [0.15, 0.2) is 53.6 Å². The molecular weight excluding hydrogens is 412 g/mol. The van der Waals surface area contributed by atoms with Gasteiger partial charge in [0.2, 0.25) is 10.0 Å². The molecule has 2 aromatic heterocycles. The highest BCUT2D eigenvalue weighted by Gasteiger charge is 2.27. The Labute approximate surface area is 181 Å². The quantitative estimate of drug-likeness (QED) is 0.667. The molecule has 1 fully saturated rings. The number of para-hydroxylation sites is 1. The van der Waals surface area contributed by atoms with Crippen LogP contribution in [0.1, 0.15) is 17.7 Å². The molecular formula is C22H24N6O2S. The van der Waals surface area contributed by atoms with Gasteiger partial charge in [-0.3, -0.25) is 4.98 Å². The van der Waals surface area contributed by atoms with Crippen molar-refractivity contribution >= 4 is 21.5 Å². The van der Waals surface area contributed by atoms with Crippen molar-refractivity contribution in [2.45, 2.75) is 24.2 Å². The summed E-state index contributed by atoms with van der Waals surface area (Å²) in [7, 11) is -3.78. The standard InChI is InChI=1S/C22H24N6O2S/c23-31(29,30)20-10-2-1-9-19(20)27-12-14-28(15-13-27)22-16-6-5-8-17(16)25-21(26-22)18-7-3-4-11-24-18/h1-4,7,9-11H,5-6,8,12-15H2,(H2,23,29,30).